The molecule has 1 aromatic rings. The molecule has 0 spiro atoms. The summed E-state index contributed by atoms with van der Waals surface area (Å²) in [7, 11) is 1.67. The molecule has 29 heavy (non-hydrogen) atoms. The zero-order chi connectivity index (χ0) is 21.0. The number of rotatable bonds is 3. The summed E-state index contributed by atoms with van der Waals surface area (Å²) in [5.41, 5.74) is 0.677. The molecule has 6 heteroatoms. The first kappa shape index (κ1) is 21.5. The molecule has 0 aliphatic carbocycles. The normalized spacial score (nSPS) is 22.9. The fourth-order valence-electron chi connectivity index (χ4n) is 4.26. The number of carbonyl (C=O) groups excluding carboxylic acids is 2. The van der Waals surface area contributed by atoms with Gasteiger partial charge in [-0.2, -0.15) is 0 Å². The number of carbonyl (C=O) groups is 2. The first-order valence-electron chi connectivity index (χ1n) is 10.7. The zero-order valence-corrected chi connectivity index (χ0v) is 18.1. The Kier molecular flexibility index (Phi) is 6.70. The lowest BCUT2D eigenvalue weighted by Gasteiger charge is -2.32. The molecule has 2 unspecified atom stereocenters. The highest BCUT2D eigenvalue weighted by atomic mass is 16.6. The van der Waals surface area contributed by atoms with E-state index in [4.69, 9.17) is 9.47 Å². The van der Waals surface area contributed by atoms with Crippen molar-refractivity contribution in [3.63, 3.8) is 0 Å². The molecule has 2 saturated heterocycles. The van der Waals surface area contributed by atoms with Gasteiger partial charge in [0.15, 0.2) is 0 Å². The third-order valence-electron chi connectivity index (χ3n) is 5.74. The van der Waals surface area contributed by atoms with E-state index in [2.05, 4.69) is 12.1 Å². The van der Waals surface area contributed by atoms with Gasteiger partial charge in [-0.25, -0.2) is 4.79 Å². The van der Waals surface area contributed by atoms with Gasteiger partial charge in [0.2, 0.25) is 5.91 Å². The van der Waals surface area contributed by atoms with Gasteiger partial charge in [-0.05, 0) is 64.2 Å². The number of nitrogens with zero attached hydrogens (tertiary/aromatic N) is 2. The van der Waals surface area contributed by atoms with Gasteiger partial charge in [0, 0.05) is 25.6 Å². The number of hydrogen-bond acceptors (Lipinski definition) is 4. The molecule has 0 aromatic heterocycles. The largest absolute Gasteiger partial charge is 0.497 e. The lowest BCUT2D eigenvalue weighted by Crippen LogP contribution is -2.49. The van der Waals surface area contributed by atoms with Crippen LogP contribution in [0.25, 0.3) is 0 Å². The van der Waals surface area contributed by atoms with E-state index in [1.165, 1.54) is 5.56 Å². The van der Waals surface area contributed by atoms with Crippen molar-refractivity contribution < 1.29 is 19.1 Å². The predicted molar refractivity (Wildman–Crippen MR) is 112 cm³/mol. The molecule has 2 heterocycles. The van der Waals surface area contributed by atoms with Crippen LogP contribution in [0.5, 0.6) is 5.75 Å². The van der Waals surface area contributed by atoms with Crippen molar-refractivity contribution in [1.29, 1.82) is 0 Å². The van der Waals surface area contributed by atoms with Crippen molar-refractivity contribution >= 4 is 12.0 Å². The SMILES string of the molecule is COc1ccc(C2CCCCN(C(=O)C3CCCN3C(=O)OC(C)(C)C)C2)cc1. The van der Waals surface area contributed by atoms with Crippen LogP contribution in [0, 0.1) is 0 Å². The molecule has 2 fully saturated rings. The Labute approximate surface area is 174 Å². The number of hydrogen-bond donors (Lipinski definition) is 0. The maximum atomic E-state index is 13.4. The highest BCUT2D eigenvalue weighted by molar-refractivity contribution is 5.86. The van der Waals surface area contributed by atoms with Crippen LogP contribution >= 0.6 is 0 Å². The minimum atomic E-state index is -0.560. The lowest BCUT2D eigenvalue weighted by atomic mass is 9.94. The van der Waals surface area contributed by atoms with Crippen LogP contribution in [0.15, 0.2) is 24.3 Å². The topological polar surface area (TPSA) is 59.1 Å². The van der Waals surface area contributed by atoms with Crippen LogP contribution in [0.1, 0.15) is 64.4 Å². The van der Waals surface area contributed by atoms with E-state index >= 15 is 0 Å². The second kappa shape index (κ2) is 9.06. The second-order valence-corrected chi connectivity index (χ2v) is 9.08. The maximum absolute atomic E-state index is 13.4. The Bertz CT molecular complexity index is 711. The van der Waals surface area contributed by atoms with Gasteiger partial charge >= 0.3 is 6.09 Å². The number of benzene rings is 1. The van der Waals surface area contributed by atoms with E-state index in [-0.39, 0.29) is 12.0 Å². The molecule has 3 rings (SSSR count). The summed E-state index contributed by atoms with van der Waals surface area (Å²) in [6.07, 6.45) is 4.33. The molecule has 0 radical (unpaired) electrons. The molecule has 2 amide bonds. The van der Waals surface area contributed by atoms with Gasteiger partial charge in [0.05, 0.1) is 7.11 Å². The molecule has 0 saturated carbocycles. The Morgan fingerprint density at radius 2 is 1.72 bits per heavy atom. The van der Waals surface area contributed by atoms with Crippen molar-refractivity contribution in [3.8, 4) is 5.75 Å². The second-order valence-electron chi connectivity index (χ2n) is 9.08. The molecule has 6 nitrogen and oxygen atoms in total. The summed E-state index contributed by atoms with van der Waals surface area (Å²) in [4.78, 5) is 29.6. The molecular formula is C23H34N2O4. The molecule has 2 atom stereocenters. The van der Waals surface area contributed by atoms with Crippen LogP contribution < -0.4 is 4.74 Å². The van der Waals surface area contributed by atoms with Crippen molar-refractivity contribution in [2.75, 3.05) is 26.7 Å². The smallest absolute Gasteiger partial charge is 0.410 e. The van der Waals surface area contributed by atoms with Gasteiger partial charge in [0.25, 0.3) is 0 Å². The third kappa shape index (κ3) is 5.43. The van der Waals surface area contributed by atoms with E-state index in [1.54, 1.807) is 12.0 Å². The first-order chi connectivity index (χ1) is 13.8. The Hall–Kier alpha value is -2.24. The molecule has 0 bridgehead atoms. The summed E-state index contributed by atoms with van der Waals surface area (Å²) in [6.45, 7) is 7.60. The Morgan fingerprint density at radius 1 is 1.00 bits per heavy atom. The number of ether oxygens (including phenoxy) is 2. The summed E-state index contributed by atoms with van der Waals surface area (Å²) in [6, 6.07) is 7.75. The highest BCUT2D eigenvalue weighted by Crippen LogP contribution is 2.30. The highest BCUT2D eigenvalue weighted by Gasteiger charge is 2.39. The van der Waals surface area contributed by atoms with Crippen LogP contribution in [0.4, 0.5) is 4.79 Å². The molecule has 2 aliphatic rings. The molecule has 0 N–H and O–H groups in total. The molecule has 1 aromatic carbocycles. The Balaban J connectivity index is 1.70. The van der Waals surface area contributed by atoms with Crippen LogP contribution in [-0.4, -0.2) is 60.2 Å². The summed E-state index contributed by atoms with van der Waals surface area (Å²) in [5, 5.41) is 0. The lowest BCUT2D eigenvalue weighted by molar-refractivity contribution is -0.136. The Morgan fingerprint density at radius 3 is 2.38 bits per heavy atom. The van der Waals surface area contributed by atoms with Crippen molar-refractivity contribution in [1.82, 2.24) is 9.80 Å². The van der Waals surface area contributed by atoms with E-state index in [9.17, 15) is 9.59 Å². The number of likely N-dealkylation sites (tertiary alicyclic amines) is 2. The zero-order valence-electron chi connectivity index (χ0n) is 18.1. The minimum Gasteiger partial charge on any atom is -0.497 e. The van der Waals surface area contributed by atoms with Gasteiger partial charge < -0.3 is 14.4 Å². The summed E-state index contributed by atoms with van der Waals surface area (Å²) >= 11 is 0. The van der Waals surface area contributed by atoms with Crippen LogP contribution in [0.2, 0.25) is 0 Å². The third-order valence-corrected chi connectivity index (χ3v) is 5.74. The van der Waals surface area contributed by atoms with Crippen molar-refractivity contribution in [3.05, 3.63) is 29.8 Å². The van der Waals surface area contributed by atoms with Crippen LogP contribution in [-0.2, 0) is 9.53 Å². The number of amides is 2. The fourth-order valence-corrected chi connectivity index (χ4v) is 4.26. The average Bonchev–Trinajstić information content (AvgIpc) is 3.04. The van der Waals surface area contributed by atoms with E-state index in [0.717, 1.165) is 38.0 Å². The molecule has 160 valence electrons. The quantitative estimate of drug-likeness (QED) is 0.761. The number of methoxy groups -OCH3 is 1. The fraction of sp³-hybridized carbons (Fsp3) is 0.652. The maximum Gasteiger partial charge on any atom is 0.410 e. The van der Waals surface area contributed by atoms with E-state index in [0.29, 0.717) is 25.4 Å². The van der Waals surface area contributed by atoms with Gasteiger partial charge in [-0.15, -0.1) is 0 Å². The summed E-state index contributed by atoms with van der Waals surface area (Å²) < 4.78 is 10.8. The monoisotopic (exact) mass is 402 g/mol. The van der Waals surface area contributed by atoms with Gasteiger partial charge in [-0.1, -0.05) is 18.6 Å². The molecule has 2 aliphatic heterocycles. The van der Waals surface area contributed by atoms with Gasteiger partial charge in [0.1, 0.15) is 17.4 Å². The summed E-state index contributed by atoms with van der Waals surface area (Å²) in [5.74, 6) is 1.21. The van der Waals surface area contributed by atoms with Crippen molar-refractivity contribution in [2.24, 2.45) is 0 Å². The standard InChI is InChI=1S/C23H34N2O4/c1-23(2,3)29-22(27)25-15-7-9-20(25)21(26)24-14-6-5-8-18(16-24)17-10-12-19(28-4)13-11-17/h10-13,18,20H,5-9,14-16H2,1-4H3. The first-order valence-corrected chi connectivity index (χ1v) is 10.7. The minimum absolute atomic E-state index is 0.0637. The van der Waals surface area contributed by atoms with Crippen LogP contribution in [0.3, 0.4) is 0 Å². The van der Waals surface area contributed by atoms with E-state index in [1.807, 2.05) is 37.8 Å². The molecular weight excluding hydrogens is 368 g/mol. The van der Waals surface area contributed by atoms with Crippen molar-refractivity contribution in [2.45, 2.75) is 70.4 Å². The van der Waals surface area contributed by atoms with E-state index < -0.39 is 11.6 Å². The average molecular weight is 403 g/mol. The van der Waals surface area contributed by atoms with Gasteiger partial charge in [-0.3, -0.25) is 9.69 Å². The predicted octanol–water partition coefficient (Wildman–Crippen LogP) is 4.19.